The Morgan fingerprint density at radius 3 is 2.62 bits per heavy atom. The van der Waals surface area contributed by atoms with Crippen LogP contribution in [0.25, 0.3) is 0 Å². The predicted octanol–water partition coefficient (Wildman–Crippen LogP) is 1.26. The third-order valence-electron chi connectivity index (χ3n) is 3.72. The van der Waals surface area contributed by atoms with Gasteiger partial charge in [-0.1, -0.05) is 12.5 Å². The summed E-state index contributed by atoms with van der Waals surface area (Å²) in [4.78, 5) is 49.2. The molecule has 2 heterocycles. The molecule has 1 aliphatic heterocycles. The fourth-order valence-corrected chi connectivity index (χ4v) is 3.10. The number of amides is 3. The minimum Gasteiger partial charge on any atom is -0.333 e. The van der Waals surface area contributed by atoms with Gasteiger partial charge in [-0.15, -0.1) is 11.3 Å². The molecule has 130 valence electrons. The maximum absolute atomic E-state index is 11.8. The Morgan fingerprint density at radius 1 is 1.08 bits per heavy atom. The molecule has 1 aliphatic rings. The first-order valence-corrected chi connectivity index (χ1v) is 8.86. The molecule has 7 nitrogen and oxygen atoms in total. The Kier molecular flexibility index (Phi) is 6.92. The minimum absolute atomic E-state index is 0.000339. The van der Waals surface area contributed by atoms with Crippen molar-refractivity contribution in [2.75, 3.05) is 13.1 Å². The van der Waals surface area contributed by atoms with E-state index < -0.39 is 11.8 Å². The van der Waals surface area contributed by atoms with Crippen LogP contribution in [0.5, 0.6) is 0 Å². The van der Waals surface area contributed by atoms with Crippen molar-refractivity contribution in [1.82, 2.24) is 15.8 Å². The molecular weight excluding hydrogens is 330 g/mol. The number of carbonyl (C=O) groups excluding carboxylic acids is 4. The lowest BCUT2D eigenvalue weighted by Crippen LogP contribution is -2.47. The molecule has 1 saturated heterocycles. The van der Waals surface area contributed by atoms with Crippen molar-refractivity contribution in [1.29, 1.82) is 0 Å². The van der Waals surface area contributed by atoms with Gasteiger partial charge >= 0.3 is 0 Å². The van der Waals surface area contributed by atoms with Crippen LogP contribution in [0, 0.1) is 0 Å². The lowest BCUT2D eigenvalue weighted by Gasteiger charge is -2.19. The first-order chi connectivity index (χ1) is 11.6. The minimum atomic E-state index is -0.441. The molecule has 0 atom stereocenters. The first-order valence-electron chi connectivity index (χ1n) is 7.98. The van der Waals surface area contributed by atoms with E-state index in [-0.39, 0.29) is 31.1 Å². The second-order valence-electron chi connectivity index (χ2n) is 5.62. The molecule has 8 heteroatoms. The van der Waals surface area contributed by atoms with Gasteiger partial charge in [-0.25, -0.2) is 0 Å². The number of ketones is 1. The number of hydrogen-bond donors (Lipinski definition) is 2. The summed E-state index contributed by atoms with van der Waals surface area (Å²) >= 11 is 1.33. The van der Waals surface area contributed by atoms with Gasteiger partial charge in [0.15, 0.2) is 5.78 Å². The summed E-state index contributed by atoms with van der Waals surface area (Å²) in [5.74, 6) is -1.00. The van der Waals surface area contributed by atoms with E-state index in [1.54, 1.807) is 17.5 Å². The van der Waals surface area contributed by atoms with Crippen molar-refractivity contribution in [3.63, 3.8) is 0 Å². The average molecular weight is 351 g/mol. The van der Waals surface area contributed by atoms with Crippen molar-refractivity contribution in [3.05, 3.63) is 22.4 Å². The maximum Gasteiger partial charge on any atom is 0.257 e. The molecule has 0 aromatic carbocycles. The molecule has 0 bridgehead atoms. The van der Waals surface area contributed by atoms with Crippen LogP contribution in [0.15, 0.2) is 17.5 Å². The van der Waals surface area contributed by atoms with Gasteiger partial charge < -0.3 is 4.90 Å². The molecule has 1 fully saturated rings. The van der Waals surface area contributed by atoms with Gasteiger partial charge in [0.1, 0.15) is 6.54 Å². The van der Waals surface area contributed by atoms with Crippen molar-refractivity contribution in [3.8, 4) is 0 Å². The van der Waals surface area contributed by atoms with E-state index in [0.29, 0.717) is 17.8 Å². The van der Waals surface area contributed by atoms with Gasteiger partial charge in [0.05, 0.1) is 4.88 Å². The number of hydrogen-bond acceptors (Lipinski definition) is 5. The fraction of sp³-hybridized carbons (Fsp3) is 0.500. The number of rotatable bonds is 6. The summed E-state index contributed by atoms with van der Waals surface area (Å²) < 4.78 is 0. The Balaban J connectivity index is 1.66. The highest BCUT2D eigenvalue weighted by Gasteiger charge is 2.19. The van der Waals surface area contributed by atoms with Crippen LogP contribution in [-0.2, 0) is 14.4 Å². The van der Waals surface area contributed by atoms with Crippen LogP contribution >= 0.6 is 11.3 Å². The molecule has 2 N–H and O–H groups in total. The quantitative estimate of drug-likeness (QED) is 0.596. The Morgan fingerprint density at radius 2 is 1.88 bits per heavy atom. The van der Waals surface area contributed by atoms with Crippen molar-refractivity contribution < 1.29 is 19.2 Å². The van der Waals surface area contributed by atoms with Gasteiger partial charge in [-0.3, -0.25) is 30.0 Å². The van der Waals surface area contributed by atoms with Crippen LogP contribution in [0.1, 0.15) is 48.2 Å². The largest absolute Gasteiger partial charge is 0.333 e. The van der Waals surface area contributed by atoms with Crippen LogP contribution in [0.3, 0.4) is 0 Å². The second kappa shape index (κ2) is 9.17. The van der Waals surface area contributed by atoms with Gasteiger partial charge in [0, 0.05) is 25.8 Å². The topological polar surface area (TPSA) is 95.6 Å². The highest BCUT2D eigenvalue weighted by Crippen LogP contribution is 2.12. The van der Waals surface area contributed by atoms with E-state index >= 15 is 0 Å². The Labute approximate surface area is 144 Å². The lowest BCUT2D eigenvalue weighted by molar-refractivity contribution is -0.136. The van der Waals surface area contributed by atoms with Crippen molar-refractivity contribution in [2.45, 2.75) is 38.5 Å². The summed E-state index contributed by atoms with van der Waals surface area (Å²) in [6.45, 7) is 0.503. The van der Waals surface area contributed by atoms with Gasteiger partial charge in [-0.2, -0.15) is 0 Å². The van der Waals surface area contributed by atoms with Crippen LogP contribution in [0.4, 0.5) is 0 Å². The van der Waals surface area contributed by atoms with Gasteiger partial charge in [0.2, 0.25) is 11.8 Å². The summed E-state index contributed by atoms with van der Waals surface area (Å²) in [7, 11) is 0. The molecule has 3 amide bonds. The van der Waals surface area contributed by atoms with E-state index in [2.05, 4.69) is 10.9 Å². The van der Waals surface area contributed by atoms with Crippen LogP contribution < -0.4 is 10.9 Å². The third kappa shape index (κ3) is 5.77. The molecule has 1 aromatic heterocycles. The van der Waals surface area contributed by atoms with Crippen molar-refractivity contribution in [2.24, 2.45) is 0 Å². The highest BCUT2D eigenvalue weighted by molar-refractivity contribution is 7.12. The molecule has 0 saturated carbocycles. The van der Waals surface area contributed by atoms with Gasteiger partial charge in [-0.05, 0) is 24.3 Å². The van der Waals surface area contributed by atoms with E-state index in [9.17, 15) is 19.2 Å². The molecule has 0 unspecified atom stereocenters. The normalized spacial score (nSPS) is 14.8. The number of thiophene rings is 1. The molecule has 1 aromatic rings. The SMILES string of the molecule is O=C(CCC(=O)c1cccs1)NNC(=O)CN1CCCCCC1=O. The zero-order valence-corrected chi connectivity index (χ0v) is 14.2. The summed E-state index contributed by atoms with van der Waals surface area (Å²) in [6.07, 6.45) is 3.28. The average Bonchev–Trinajstić information content (AvgIpc) is 3.03. The zero-order chi connectivity index (χ0) is 17.4. The van der Waals surface area contributed by atoms with E-state index in [4.69, 9.17) is 0 Å². The Hall–Kier alpha value is -2.22. The van der Waals surface area contributed by atoms with E-state index in [1.165, 1.54) is 16.2 Å². The number of hydrazine groups is 1. The second-order valence-corrected chi connectivity index (χ2v) is 6.57. The zero-order valence-electron chi connectivity index (χ0n) is 13.4. The van der Waals surface area contributed by atoms with E-state index in [0.717, 1.165) is 19.3 Å². The molecule has 0 aliphatic carbocycles. The number of likely N-dealkylation sites (tertiary alicyclic amines) is 1. The standard InChI is InChI=1S/C16H21N3O4S/c20-12(13-5-4-10-24-13)7-8-14(21)17-18-15(22)11-19-9-3-1-2-6-16(19)23/h4-5,10H,1-3,6-9,11H2,(H,17,21)(H,18,22). The first kappa shape index (κ1) is 18.1. The highest BCUT2D eigenvalue weighted by atomic mass is 32.1. The maximum atomic E-state index is 11.8. The number of carbonyl (C=O) groups is 4. The molecule has 24 heavy (non-hydrogen) atoms. The van der Waals surface area contributed by atoms with Crippen LogP contribution in [0.2, 0.25) is 0 Å². The summed E-state index contributed by atoms with van der Waals surface area (Å²) in [5.41, 5.74) is 4.57. The third-order valence-corrected chi connectivity index (χ3v) is 4.63. The van der Waals surface area contributed by atoms with E-state index in [1.807, 2.05) is 0 Å². The molecule has 2 rings (SSSR count). The monoisotopic (exact) mass is 351 g/mol. The van der Waals surface area contributed by atoms with Gasteiger partial charge in [0.25, 0.3) is 5.91 Å². The van der Waals surface area contributed by atoms with Crippen molar-refractivity contribution >= 4 is 34.8 Å². The number of nitrogens with one attached hydrogen (secondary N) is 2. The lowest BCUT2D eigenvalue weighted by atomic mass is 10.2. The molecular formula is C16H21N3O4S. The Bertz CT molecular complexity index is 600. The van der Waals surface area contributed by atoms with Crippen LogP contribution in [-0.4, -0.2) is 41.5 Å². The fourth-order valence-electron chi connectivity index (χ4n) is 2.41. The summed E-state index contributed by atoms with van der Waals surface area (Å²) in [6, 6.07) is 3.49. The number of nitrogens with zero attached hydrogens (tertiary/aromatic N) is 1. The molecule has 0 radical (unpaired) electrons. The summed E-state index contributed by atoms with van der Waals surface area (Å²) in [5, 5.41) is 1.80. The predicted molar refractivity (Wildman–Crippen MR) is 89.2 cm³/mol. The molecule has 0 spiro atoms. The number of Topliss-reactive ketones (excluding diaryl/α,β-unsaturated/α-hetero) is 1. The smallest absolute Gasteiger partial charge is 0.257 e.